The lowest BCUT2D eigenvalue weighted by Crippen LogP contribution is -2.48. The Morgan fingerprint density at radius 3 is 2.62 bits per heavy atom. The van der Waals surface area contributed by atoms with Crippen LogP contribution in [0.15, 0.2) is 24.3 Å². The van der Waals surface area contributed by atoms with Crippen molar-refractivity contribution < 1.29 is 4.79 Å². The lowest BCUT2D eigenvalue weighted by atomic mass is 10.0. The fourth-order valence-corrected chi connectivity index (χ4v) is 2.57. The van der Waals surface area contributed by atoms with Crippen molar-refractivity contribution in [2.45, 2.75) is 39.8 Å². The summed E-state index contributed by atoms with van der Waals surface area (Å²) in [4.78, 5) is 16.2. The Morgan fingerprint density at radius 2 is 1.95 bits per heavy atom. The molecule has 1 aliphatic rings. The molecule has 0 aliphatic carbocycles. The molecule has 0 spiro atoms. The second-order valence-corrected chi connectivity index (χ2v) is 7.11. The summed E-state index contributed by atoms with van der Waals surface area (Å²) in [5.74, 6) is 0.396. The molecule has 0 radical (unpaired) electrons. The van der Waals surface area contributed by atoms with Crippen molar-refractivity contribution in [3.63, 3.8) is 0 Å². The zero-order chi connectivity index (χ0) is 15.6. The maximum atomic E-state index is 12.5. The van der Waals surface area contributed by atoms with E-state index in [1.165, 1.54) is 5.56 Å². The van der Waals surface area contributed by atoms with E-state index in [1.54, 1.807) is 4.90 Å². The third-order valence-corrected chi connectivity index (χ3v) is 3.72. The number of amides is 2. The molecule has 2 amide bonds. The first-order valence-electron chi connectivity index (χ1n) is 7.63. The summed E-state index contributed by atoms with van der Waals surface area (Å²) in [5, 5.41) is 3.51. The van der Waals surface area contributed by atoms with E-state index in [1.807, 2.05) is 30.1 Å². The van der Waals surface area contributed by atoms with Gasteiger partial charge < -0.3 is 10.2 Å². The van der Waals surface area contributed by atoms with Gasteiger partial charge in [0.1, 0.15) is 0 Å². The summed E-state index contributed by atoms with van der Waals surface area (Å²) in [6, 6.07) is 8.28. The van der Waals surface area contributed by atoms with Crippen LogP contribution in [-0.4, -0.2) is 36.6 Å². The number of carbonyl (C=O) groups excluding carboxylic acids is 1. The summed E-state index contributed by atoms with van der Waals surface area (Å²) in [5.41, 5.74) is 2.38. The van der Waals surface area contributed by atoms with Crippen molar-refractivity contribution in [1.82, 2.24) is 10.2 Å². The van der Waals surface area contributed by atoms with E-state index in [4.69, 9.17) is 0 Å². The number of para-hydroxylation sites is 1. The third kappa shape index (κ3) is 3.97. The van der Waals surface area contributed by atoms with Crippen LogP contribution in [0.3, 0.4) is 0 Å². The Morgan fingerprint density at radius 1 is 1.29 bits per heavy atom. The second-order valence-electron chi connectivity index (χ2n) is 7.11. The minimum Gasteiger partial charge on any atom is -0.323 e. The molecule has 1 aromatic rings. The first-order chi connectivity index (χ1) is 9.78. The number of anilines is 1. The lowest BCUT2D eigenvalue weighted by Gasteiger charge is -2.37. The molecule has 1 aliphatic heterocycles. The predicted octanol–water partition coefficient (Wildman–Crippen LogP) is 3.08. The molecule has 1 unspecified atom stereocenters. The molecule has 0 saturated carbocycles. The fraction of sp³-hybridized carbons (Fsp3) is 0.588. The number of carbonyl (C=O) groups is 1. The van der Waals surface area contributed by atoms with Gasteiger partial charge in [-0.2, -0.15) is 0 Å². The first kappa shape index (κ1) is 15.8. The van der Waals surface area contributed by atoms with Crippen LogP contribution in [0, 0.1) is 5.92 Å². The molecular formula is C17H27N3O. The molecule has 4 heteroatoms. The van der Waals surface area contributed by atoms with E-state index in [0.29, 0.717) is 12.5 Å². The van der Waals surface area contributed by atoms with E-state index in [2.05, 4.69) is 39.1 Å². The molecule has 4 nitrogen and oxygen atoms in total. The number of hydrogen-bond acceptors (Lipinski definition) is 2. The van der Waals surface area contributed by atoms with Gasteiger partial charge in [0.2, 0.25) is 0 Å². The summed E-state index contributed by atoms with van der Waals surface area (Å²) in [6.07, 6.45) is 0. The normalized spacial score (nSPS) is 16.9. The molecule has 2 rings (SSSR count). The molecule has 1 N–H and O–H groups in total. The maximum Gasteiger partial charge on any atom is 0.324 e. The maximum absolute atomic E-state index is 12.5. The zero-order valence-electron chi connectivity index (χ0n) is 13.8. The van der Waals surface area contributed by atoms with Gasteiger partial charge in [-0.05, 0) is 44.9 Å². The van der Waals surface area contributed by atoms with Crippen LogP contribution in [0.5, 0.6) is 0 Å². The molecule has 1 atom stereocenters. The zero-order valence-corrected chi connectivity index (χ0v) is 13.8. The van der Waals surface area contributed by atoms with Gasteiger partial charge in [0.15, 0.2) is 0 Å². The Bertz CT molecular complexity index is 507. The van der Waals surface area contributed by atoms with E-state index >= 15 is 0 Å². The van der Waals surface area contributed by atoms with Crippen molar-refractivity contribution in [1.29, 1.82) is 0 Å². The second kappa shape index (κ2) is 6.06. The van der Waals surface area contributed by atoms with Crippen molar-refractivity contribution >= 4 is 11.7 Å². The monoisotopic (exact) mass is 289 g/mol. The van der Waals surface area contributed by atoms with Crippen molar-refractivity contribution in [2.24, 2.45) is 5.92 Å². The highest BCUT2D eigenvalue weighted by atomic mass is 16.2. The topological polar surface area (TPSA) is 35.6 Å². The SMILES string of the molecule is CC(CNC(C)(C)C)CN1C(=O)N(C)Cc2ccccc21. The third-order valence-electron chi connectivity index (χ3n) is 3.72. The molecular weight excluding hydrogens is 262 g/mol. The van der Waals surface area contributed by atoms with Gasteiger partial charge in [-0.25, -0.2) is 4.79 Å². The number of nitrogens with one attached hydrogen (secondary N) is 1. The van der Waals surface area contributed by atoms with Crippen LogP contribution in [0.1, 0.15) is 33.3 Å². The van der Waals surface area contributed by atoms with Crippen LogP contribution in [0.25, 0.3) is 0 Å². The summed E-state index contributed by atoms with van der Waals surface area (Å²) in [6.45, 7) is 11.0. The molecule has 0 bridgehead atoms. The van der Waals surface area contributed by atoms with Gasteiger partial charge in [-0.15, -0.1) is 0 Å². The standard InChI is InChI=1S/C17H27N3O/c1-13(10-18-17(2,3)4)11-20-15-9-7-6-8-14(15)12-19(5)16(20)21/h6-9,13,18H,10-12H2,1-5H3. The Hall–Kier alpha value is -1.55. The van der Waals surface area contributed by atoms with Gasteiger partial charge in [0.05, 0.1) is 5.69 Å². The van der Waals surface area contributed by atoms with Crippen LogP contribution < -0.4 is 10.2 Å². The lowest BCUT2D eigenvalue weighted by molar-refractivity contribution is 0.209. The van der Waals surface area contributed by atoms with E-state index in [9.17, 15) is 4.79 Å². The molecule has 21 heavy (non-hydrogen) atoms. The number of nitrogens with zero attached hydrogens (tertiary/aromatic N) is 2. The number of fused-ring (bicyclic) bond motifs is 1. The number of urea groups is 1. The minimum absolute atomic E-state index is 0.0938. The van der Waals surface area contributed by atoms with E-state index < -0.39 is 0 Å². The highest BCUT2D eigenvalue weighted by Crippen LogP contribution is 2.28. The molecule has 0 aromatic heterocycles. The number of hydrogen-bond donors (Lipinski definition) is 1. The Kier molecular flexibility index (Phi) is 4.57. The Balaban J connectivity index is 2.09. The van der Waals surface area contributed by atoms with Crippen LogP contribution in [0.4, 0.5) is 10.5 Å². The van der Waals surface area contributed by atoms with Crippen molar-refractivity contribution in [3.05, 3.63) is 29.8 Å². The van der Waals surface area contributed by atoms with Crippen molar-refractivity contribution in [3.8, 4) is 0 Å². The quantitative estimate of drug-likeness (QED) is 0.924. The van der Waals surface area contributed by atoms with Crippen LogP contribution >= 0.6 is 0 Å². The van der Waals surface area contributed by atoms with Crippen LogP contribution in [0.2, 0.25) is 0 Å². The molecule has 0 saturated heterocycles. The largest absolute Gasteiger partial charge is 0.324 e. The molecule has 116 valence electrons. The summed E-state index contributed by atoms with van der Waals surface area (Å²) < 4.78 is 0. The fourth-order valence-electron chi connectivity index (χ4n) is 2.57. The molecule has 1 heterocycles. The number of benzene rings is 1. The van der Waals surface area contributed by atoms with Gasteiger partial charge in [-0.1, -0.05) is 25.1 Å². The van der Waals surface area contributed by atoms with Crippen molar-refractivity contribution in [2.75, 3.05) is 25.0 Å². The van der Waals surface area contributed by atoms with Gasteiger partial charge in [-0.3, -0.25) is 4.90 Å². The van der Waals surface area contributed by atoms with Gasteiger partial charge in [0.25, 0.3) is 0 Å². The van der Waals surface area contributed by atoms with Crippen LogP contribution in [-0.2, 0) is 6.54 Å². The number of rotatable bonds is 4. The summed E-state index contributed by atoms with van der Waals surface area (Å²) in [7, 11) is 1.86. The molecule has 0 fully saturated rings. The van der Waals surface area contributed by atoms with Gasteiger partial charge >= 0.3 is 6.03 Å². The Labute approximate surface area is 128 Å². The van der Waals surface area contributed by atoms with E-state index in [0.717, 1.165) is 18.8 Å². The highest BCUT2D eigenvalue weighted by Gasteiger charge is 2.28. The minimum atomic E-state index is 0.0938. The summed E-state index contributed by atoms with van der Waals surface area (Å²) >= 11 is 0. The van der Waals surface area contributed by atoms with E-state index in [-0.39, 0.29) is 11.6 Å². The predicted molar refractivity (Wildman–Crippen MR) is 87.6 cm³/mol. The average Bonchev–Trinajstić information content (AvgIpc) is 2.41. The first-order valence-corrected chi connectivity index (χ1v) is 7.63. The average molecular weight is 289 g/mol. The highest BCUT2D eigenvalue weighted by molar-refractivity contribution is 5.94. The van der Waals surface area contributed by atoms with Gasteiger partial charge in [0, 0.05) is 25.7 Å². The smallest absolute Gasteiger partial charge is 0.323 e. The molecule has 1 aromatic carbocycles.